The average molecular weight is 195 g/mol. The van der Waals surface area contributed by atoms with Crippen LogP contribution in [0.25, 0.3) is 0 Å². The summed E-state index contributed by atoms with van der Waals surface area (Å²) >= 11 is 0. The summed E-state index contributed by atoms with van der Waals surface area (Å²) in [7, 11) is 0. The molecule has 0 spiro atoms. The molecule has 2 aliphatic rings. The first-order chi connectivity index (χ1) is 6.46. The highest BCUT2D eigenvalue weighted by molar-refractivity contribution is 4.98. The van der Waals surface area contributed by atoms with Crippen LogP contribution in [0.1, 0.15) is 52.9 Å². The van der Waals surface area contributed by atoms with Gasteiger partial charge in [0.1, 0.15) is 0 Å². The second kappa shape index (κ2) is 3.52. The third-order valence-electron chi connectivity index (χ3n) is 4.11. The van der Waals surface area contributed by atoms with Crippen molar-refractivity contribution in [1.29, 1.82) is 0 Å². The van der Waals surface area contributed by atoms with Crippen LogP contribution in [-0.2, 0) is 0 Å². The molecule has 0 bridgehead atoms. The maximum atomic E-state index is 6.27. The van der Waals surface area contributed by atoms with Gasteiger partial charge < -0.3 is 5.73 Å². The molecular weight excluding hydrogens is 170 g/mol. The lowest BCUT2D eigenvalue weighted by atomic mass is 9.84. The van der Waals surface area contributed by atoms with Gasteiger partial charge in [-0.3, -0.25) is 0 Å². The zero-order valence-electron chi connectivity index (χ0n) is 9.92. The van der Waals surface area contributed by atoms with Crippen LogP contribution in [0.5, 0.6) is 0 Å². The van der Waals surface area contributed by atoms with Crippen LogP contribution in [0.4, 0.5) is 0 Å². The van der Waals surface area contributed by atoms with Crippen molar-refractivity contribution in [2.45, 2.75) is 58.9 Å². The molecule has 2 N–H and O–H groups in total. The third kappa shape index (κ3) is 2.50. The van der Waals surface area contributed by atoms with Gasteiger partial charge in [-0.05, 0) is 55.3 Å². The monoisotopic (exact) mass is 195 g/mol. The molecule has 2 rings (SSSR count). The standard InChI is InChI=1S/C13H25N/c1-13(2,3)5-4-12(14)11-7-9-6-10(9)8-11/h9-12H,4-8,14H2,1-3H3. The minimum Gasteiger partial charge on any atom is -0.327 e. The van der Waals surface area contributed by atoms with E-state index in [4.69, 9.17) is 5.73 Å². The van der Waals surface area contributed by atoms with Gasteiger partial charge >= 0.3 is 0 Å². The molecule has 3 unspecified atom stereocenters. The molecule has 0 aromatic carbocycles. The fraction of sp³-hybridized carbons (Fsp3) is 1.00. The predicted octanol–water partition coefficient (Wildman–Crippen LogP) is 3.19. The largest absolute Gasteiger partial charge is 0.327 e. The Morgan fingerprint density at radius 1 is 1.14 bits per heavy atom. The molecule has 2 fully saturated rings. The van der Waals surface area contributed by atoms with Crippen LogP contribution in [0.2, 0.25) is 0 Å². The molecule has 0 radical (unpaired) electrons. The lowest BCUT2D eigenvalue weighted by Gasteiger charge is -2.25. The van der Waals surface area contributed by atoms with Gasteiger partial charge in [-0.2, -0.15) is 0 Å². The van der Waals surface area contributed by atoms with Crippen molar-refractivity contribution in [1.82, 2.24) is 0 Å². The molecule has 0 aliphatic heterocycles. The molecule has 1 nitrogen and oxygen atoms in total. The van der Waals surface area contributed by atoms with Crippen molar-refractivity contribution in [3.8, 4) is 0 Å². The van der Waals surface area contributed by atoms with Gasteiger partial charge in [0.25, 0.3) is 0 Å². The number of fused-ring (bicyclic) bond motifs is 1. The number of hydrogen-bond donors (Lipinski definition) is 1. The van der Waals surface area contributed by atoms with Crippen molar-refractivity contribution >= 4 is 0 Å². The molecule has 0 aromatic rings. The summed E-state index contributed by atoms with van der Waals surface area (Å²) in [6, 6.07) is 0.488. The first-order valence-corrected chi connectivity index (χ1v) is 6.21. The molecule has 0 heterocycles. The summed E-state index contributed by atoms with van der Waals surface area (Å²) in [5.74, 6) is 3.03. The molecule has 3 atom stereocenters. The minimum absolute atomic E-state index is 0.457. The molecule has 1 heteroatoms. The van der Waals surface area contributed by atoms with Gasteiger partial charge in [0.05, 0.1) is 0 Å². The lowest BCUT2D eigenvalue weighted by Crippen LogP contribution is -2.30. The van der Waals surface area contributed by atoms with Crippen molar-refractivity contribution in [2.24, 2.45) is 28.9 Å². The highest BCUT2D eigenvalue weighted by Gasteiger charge is 2.47. The maximum absolute atomic E-state index is 6.27. The fourth-order valence-corrected chi connectivity index (χ4v) is 2.95. The van der Waals surface area contributed by atoms with Crippen molar-refractivity contribution in [3.63, 3.8) is 0 Å². The Labute approximate surface area is 88.4 Å². The second-order valence-electron chi connectivity index (χ2n) is 6.75. The van der Waals surface area contributed by atoms with Crippen LogP contribution in [0.15, 0.2) is 0 Å². The van der Waals surface area contributed by atoms with Gasteiger partial charge in [0, 0.05) is 6.04 Å². The van der Waals surface area contributed by atoms with Crippen LogP contribution >= 0.6 is 0 Å². The zero-order valence-corrected chi connectivity index (χ0v) is 9.92. The van der Waals surface area contributed by atoms with E-state index in [0.717, 1.165) is 17.8 Å². The minimum atomic E-state index is 0.457. The number of nitrogens with two attached hydrogens (primary N) is 1. The van der Waals surface area contributed by atoms with Crippen LogP contribution in [0.3, 0.4) is 0 Å². The van der Waals surface area contributed by atoms with Gasteiger partial charge in [-0.1, -0.05) is 20.8 Å². The molecule has 0 saturated heterocycles. The van der Waals surface area contributed by atoms with E-state index in [2.05, 4.69) is 20.8 Å². The van der Waals surface area contributed by atoms with Crippen LogP contribution in [0, 0.1) is 23.2 Å². The Balaban J connectivity index is 1.70. The molecule has 0 amide bonds. The van der Waals surface area contributed by atoms with E-state index in [1.165, 1.54) is 32.1 Å². The summed E-state index contributed by atoms with van der Waals surface area (Å²) < 4.78 is 0. The van der Waals surface area contributed by atoms with E-state index in [1.807, 2.05) is 0 Å². The van der Waals surface area contributed by atoms with Crippen molar-refractivity contribution < 1.29 is 0 Å². The van der Waals surface area contributed by atoms with E-state index in [-0.39, 0.29) is 0 Å². The quantitative estimate of drug-likeness (QED) is 0.735. The van der Waals surface area contributed by atoms with Crippen molar-refractivity contribution in [3.05, 3.63) is 0 Å². The van der Waals surface area contributed by atoms with Gasteiger partial charge in [-0.15, -0.1) is 0 Å². The highest BCUT2D eigenvalue weighted by atomic mass is 14.7. The lowest BCUT2D eigenvalue weighted by molar-refractivity contribution is 0.302. The van der Waals surface area contributed by atoms with E-state index in [9.17, 15) is 0 Å². The fourth-order valence-electron chi connectivity index (χ4n) is 2.95. The van der Waals surface area contributed by atoms with Crippen LogP contribution < -0.4 is 5.73 Å². The van der Waals surface area contributed by atoms with Crippen molar-refractivity contribution in [2.75, 3.05) is 0 Å². The molecule has 2 saturated carbocycles. The van der Waals surface area contributed by atoms with Gasteiger partial charge in [0.2, 0.25) is 0 Å². The van der Waals surface area contributed by atoms with E-state index >= 15 is 0 Å². The van der Waals surface area contributed by atoms with Gasteiger partial charge in [-0.25, -0.2) is 0 Å². The highest BCUT2D eigenvalue weighted by Crippen LogP contribution is 2.55. The number of rotatable bonds is 3. The number of hydrogen-bond acceptors (Lipinski definition) is 1. The molecular formula is C13H25N. The van der Waals surface area contributed by atoms with Crippen LogP contribution in [-0.4, -0.2) is 6.04 Å². The first kappa shape index (κ1) is 10.5. The first-order valence-electron chi connectivity index (χ1n) is 6.21. The van der Waals surface area contributed by atoms with E-state index in [0.29, 0.717) is 11.5 Å². The summed E-state index contributed by atoms with van der Waals surface area (Å²) in [6.45, 7) is 6.93. The summed E-state index contributed by atoms with van der Waals surface area (Å²) in [5.41, 5.74) is 6.73. The van der Waals surface area contributed by atoms with E-state index in [1.54, 1.807) is 0 Å². The molecule has 14 heavy (non-hydrogen) atoms. The van der Waals surface area contributed by atoms with E-state index < -0.39 is 0 Å². The third-order valence-corrected chi connectivity index (χ3v) is 4.11. The SMILES string of the molecule is CC(C)(C)CCC(N)C1CC2CC2C1. The van der Waals surface area contributed by atoms with Gasteiger partial charge in [0.15, 0.2) is 0 Å². The Hall–Kier alpha value is -0.0400. The molecule has 0 aromatic heterocycles. The maximum Gasteiger partial charge on any atom is 0.00675 e. The summed E-state index contributed by atoms with van der Waals surface area (Å²) in [5, 5.41) is 0. The normalized spacial score (nSPS) is 38.1. The Bertz CT molecular complexity index is 194. The second-order valence-corrected chi connectivity index (χ2v) is 6.75. The smallest absolute Gasteiger partial charge is 0.00675 e. The topological polar surface area (TPSA) is 26.0 Å². The predicted molar refractivity (Wildman–Crippen MR) is 61.0 cm³/mol. The Morgan fingerprint density at radius 3 is 2.21 bits per heavy atom. The Kier molecular flexibility index (Phi) is 2.63. The average Bonchev–Trinajstić information content (AvgIpc) is 2.68. The summed E-state index contributed by atoms with van der Waals surface area (Å²) in [4.78, 5) is 0. The summed E-state index contributed by atoms with van der Waals surface area (Å²) in [6.07, 6.45) is 6.90. The zero-order chi connectivity index (χ0) is 10.3. The molecule has 2 aliphatic carbocycles. The molecule has 82 valence electrons. The Morgan fingerprint density at radius 2 is 1.71 bits per heavy atom.